The molecule has 2 aliphatic rings. The summed E-state index contributed by atoms with van der Waals surface area (Å²) in [5.74, 6) is -2.15. The Hall–Kier alpha value is -2.09. The fourth-order valence-electron chi connectivity index (χ4n) is 4.41. The molecule has 1 amide bonds. The third-order valence-corrected chi connectivity index (χ3v) is 5.92. The van der Waals surface area contributed by atoms with Crippen LogP contribution in [-0.4, -0.2) is 55.2 Å². The highest BCUT2D eigenvalue weighted by atomic mass is 19.4. The van der Waals surface area contributed by atoms with Crippen LogP contribution in [0.2, 0.25) is 0 Å². The normalized spacial score (nSPS) is 23.1. The first-order valence-electron chi connectivity index (χ1n) is 10.7. The third kappa shape index (κ3) is 5.53. The largest absolute Gasteiger partial charge is 0.490 e. The highest BCUT2D eigenvalue weighted by molar-refractivity contribution is 5.99. The molecule has 2 saturated heterocycles. The first-order chi connectivity index (χ1) is 14.3. The minimum Gasteiger partial charge on any atom is -0.446 e. The molecular formula is C22H29F3N2O3. The fourth-order valence-corrected chi connectivity index (χ4v) is 4.41. The molecule has 8 heteroatoms. The number of likely N-dealkylation sites (tertiary alicyclic amines) is 1. The van der Waals surface area contributed by atoms with Crippen molar-refractivity contribution >= 4 is 17.6 Å². The van der Waals surface area contributed by atoms with Gasteiger partial charge in [-0.1, -0.05) is 31.5 Å². The van der Waals surface area contributed by atoms with Gasteiger partial charge >= 0.3 is 12.1 Å². The molecule has 2 atom stereocenters. The molecule has 3 rings (SSSR count). The summed E-state index contributed by atoms with van der Waals surface area (Å²) >= 11 is 0. The van der Waals surface area contributed by atoms with E-state index in [0.717, 1.165) is 37.5 Å². The van der Waals surface area contributed by atoms with Crippen molar-refractivity contribution in [3.63, 3.8) is 0 Å². The summed E-state index contributed by atoms with van der Waals surface area (Å²) < 4.78 is 42.1. The number of para-hydroxylation sites is 1. The average Bonchev–Trinajstić information content (AvgIpc) is 3.15. The van der Waals surface area contributed by atoms with Crippen molar-refractivity contribution in [2.45, 2.75) is 57.7 Å². The van der Waals surface area contributed by atoms with Crippen molar-refractivity contribution in [2.75, 3.05) is 31.1 Å². The summed E-state index contributed by atoms with van der Waals surface area (Å²) in [6, 6.07) is 7.47. The van der Waals surface area contributed by atoms with E-state index in [1.807, 2.05) is 24.3 Å². The Balaban J connectivity index is 1.65. The lowest BCUT2D eigenvalue weighted by Gasteiger charge is -2.33. The van der Waals surface area contributed by atoms with Gasteiger partial charge < -0.3 is 14.5 Å². The predicted molar refractivity (Wildman–Crippen MR) is 107 cm³/mol. The molecule has 2 heterocycles. The van der Waals surface area contributed by atoms with E-state index in [1.54, 1.807) is 0 Å². The SMILES string of the molecule is CCCC1CCN(CCc2ccccc2N2CCCC(OC(=O)C(F)(F)F)C2=O)C1. The van der Waals surface area contributed by atoms with Crippen LogP contribution >= 0.6 is 0 Å². The number of rotatable bonds is 7. The second kappa shape index (κ2) is 9.81. The van der Waals surface area contributed by atoms with Gasteiger partial charge in [0.15, 0.2) is 6.10 Å². The quantitative estimate of drug-likeness (QED) is 0.620. The number of alkyl halides is 3. The van der Waals surface area contributed by atoms with Gasteiger partial charge in [-0.2, -0.15) is 13.2 Å². The predicted octanol–water partition coefficient (Wildman–Crippen LogP) is 3.95. The van der Waals surface area contributed by atoms with Crippen molar-refractivity contribution in [2.24, 2.45) is 5.92 Å². The zero-order valence-corrected chi connectivity index (χ0v) is 17.3. The molecule has 2 fully saturated rings. The number of hydrogen-bond acceptors (Lipinski definition) is 4. The molecule has 0 bridgehead atoms. The molecule has 0 spiro atoms. The molecule has 0 aliphatic carbocycles. The fraction of sp³-hybridized carbons (Fsp3) is 0.636. The van der Waals surface area contributed by atoms with Crippen LogP contribution in [0.3, 0.4) is 0 Å². The summed E-state index contributed by atoms with van der Waals surface area (Å²) in [4.78, 5) is 27.9. The Bertz CT molecular complexity index is 753. The van der Waals surface area contributed by atoms with Crippen LogP contribution in [0, 0.1) is 5.92 Å². The average molecular weight is 426 g/mol. The van der Waals surface area contributed by atoms with Gasteiger partial charge in [-0.3, -0.25) is 4.79 Å². The topological polar surface area (TPSA) is 49.9 Å². The van der Waals surface area contributed by atoms with E-state index in [4.69, 9.17) is 0 Å². The molecule has 0 N–H and O–H groups in total. The van der Waals surface area contributed by atoms with E-state index in [0.29, 0.717) is 18.7 Å². The van der Waals surface area contributed by atoms with Gasteiger partial charge in [0.25, 0.3) is 5.91 Å². The van der Waals surface area contributed by atoms with Crippen molar-refractivity contribution < 1.29 is 27.5 Å². The molecule has 0 radical (unpaired) electrons. The van der Waals surface area contributed by atoms with Gasteiger partial charge in [0.2, 0.25) is 0 Å². The lowest BCUT2D eigenvalue weighted by atomic mass is 10.0. The number of hydrogen-bond donors (Lipinski definition) is 0. The maximum absolute atomic E-state index is 12.8. The number of piperidine rings is 1. The van der Waals surface area contributed by atoms with Crippen molar-refractivity contribution in [1.29, 1.82) is 0 Å². The third-order valence-electron chi connectivity index (χ3n) is 5.92. The zero-order chi connectivity index (χ0) is 21.7. The smallest absolute Gasteiger partial charge is 0.446 e. The van der Waals surface area contributed by atoms with Crippen molar-refractivity contribution in [3.05, 3.63) is 29.8 Å². The molecule has 2 aliphatic heterocycles. The minimum absolute atomic E-state index is 0.103. The molecule has 0 saturated carbocycles. The second-order valence-electron chi connectivity index (χ2n) is 8.15. The number of benzene rings is 1. The van der Waals surface area contributed by atoms with E-state index in [-0.39, 0.29) is 6.42 Å². The Morgan fingerprint density at radius 3 is 2.70 bits per heavy atom. The molecular weight excluding hydrogens is 397 g/mol. The van der Waals surface area contributed by atoms with Gasteiger partial charge in [-0.05, 0) is 56.2 Å². The number of amides is 1. The van der Waals surface area contributed by atoms with Crippen LogP contribution in [0.5, 0.6) is 0 Å². The molecule has 1 aromatic carbocycles. The van der Waals surface area contributed by atoms with E-state index >= 15 is 0 Å². The van der Waals surface area contributed by atoms with E-state index in [2.05, 4.69) is 16.6 Å². The Morgan fingerprint density at radius 2 is 1.97 bits per heavy atom. The monoisotopic (exact) mass is 426 g/mol. The first kappa shape index (κ1) is 22.6. The summed E-state index contributed by atoms with van der Waals surface area (Å²) in [6.07, 6.45) is -1.52. The van der Waals surface area contributed by atoms with Gasteiger partial charge in [0, 0.05) is 25.3 Å². The second-order valence-corrected chi connectivity index (χ2v) is 8.15. The molecule has 1 aromatic rings. The summed E-state index contributed by atoms with van der Waals surface area (Å²) in [5, 5.41) is 0. The number of carbonyl (C=O) groups is 2. The van der Waals surface area contributed by atoms with Crippen molar-refractivity contribution in [3.8, 4) is 0 Å². The molecule has 30 heavy (non-hydrogen) atoms. The molecule has 0 aromatic heterocycles. The molecule has 2 unspecified atom stereocenters. The van der Waals surface area contributed by atoms with Crippen LogP contribution in [0.15, 0.2) is 24.3 Å². The van der Waals surface area contributed by atoms with Crippen LogP contribution in [0.4, 0.5) is 18.9 Å². The van der Waals surface area contributed by atoms with Gasteiger partial charge in [-0.25, -0.2) is 4.79 Å². The number of halogens is 3. The summed E-state index contributed by atoms with van der Waals surface area (Å²) in [6.45, 7) is 5.65. The highest BCUT2D eigenvalue weighted by Gasteiger charge is 2.44. The van der Waals surface area contributed by atoms with Crippen molar-refractivity contribution in [1.82, 2.24) is 4.90 Å². The first-order valence-corrected chi connectivity index (χ1v) is 10.7. The van der Waals surface area contributed by atoms with Gasteiger partial charge in [0.05, 0.1) is 0 Å². The van der Waals surface area contributed by atoms with Gasteiger partial charge in [-0.15, -0.1) is 0 Å². The van der Waals surface area contributed by atoms with Gasteiger partial charge in [0.1, 0.15) is 0 Å². The van der Waals surface area contributed by atoms with Crippen LogP contribution < -0.4 is 4.90 Å². The lowest BCUT2D eigenvalue weighted by molar-refractivity contribution is -0.205. The minimum atomic E-state index is -5.11. The summed E-state index contributed by atoms with van der Waals surface area (Å²) in [5.41, 5.74) is 1.67. The van der Waals surface area contributed by atoms with Crippen LogP contribution in [0.1, 0.15) is 44.6 Å². The van der Waals surface area contributed by atoms with Crippen LogP contribution in [-0.2, 0) is 20.7 Å². The highest BCUT2D eigenvalue weighted by Crippen LogP contribution is 2.29. The lowest BCUT2D eigenvalue weighted by Crippen LogP contribution is -2.48. The molecule has 5 nitrogen and oxygen atoms in total. The Morgan fingerprint density at radius 1 is 1.20 bits per heavy atom. The Kier molecular flexibility index (Phi) is 7.39. The maximum Gasteiger partial charge on any atom is 0.490 e. The standard InChI is InChI=1S/C22H29F3N2O3/c1-2-6-16-10-13-26(15-16)14-11-17-7-3-4-8-18(17)27-12-5-9-19(20(27)28)30-21(29)22(23,24)25/h3-4,7-8,16,19H,2,5-6,9-15H2,1H3. The van der Waals surface area contributed by atoms with Crippen LogP contribution in [0.25, 0.3) is 0 Å². The molecule has 166 valence electrons. The number of carbonyl (C=O) groups excluding carboxylic acids is 2. The Labute approximate surface area is 175 Å². The summed E-state index contributed by atoms with van der Waals surface area (Å²) in [7, 11) is 0. The number of ether oxygens (including phenoxy) is 1. The van der Waals surface area contributed by atoms with E-state index in [9.17, 15) is 22.8 Å². The maximum atomic E-state index is 12.8. The van der Waals surface area contributed by atoms with E-state index in [1.165, 1.54) is 24.2 Å². The zero-order valence-electron chi connectivity index (χ0n) is 17.3. The number of anilines is 1. The number of nitrogens with zero attached hydrogens (tertiary/aromatic N) is 2. The van der Waals surface area contributed by atoms with E-state index < -0.39 is 24.2 Å². The number of esters is 1.